The molecule has 0 bridgehead atoms. The minimum absolute atomic E-state index is 0.0869. The summed E-state index contributed by atoms with van der Waals surface area (Å²) in [4.78, 5) is 11.3. The van der Waals surface area contributed by atoms with Crippen molar-refractivity contribution in [1.82, 2.24) is 9.78 Å². The molecule has 0 saturated carbocycles. The molecule has 1 N–H and O–H groups in total. The van der Waals surface area contributed by atoms with Crippen LogP contribution in [0.3, 0.4) is 0 Å². The highest BCUT2D eigenvalue weighted by molar-refractivity contribution is 5.30. The molecular weight excluding hydrogens is 164 g/mol. The number of rotatable bonds is 1. The molecule has 2 aromatic rings. The zero-order chi connectivity index (χ0) is 9.26. The zero-order valence-electron chi connectivity index (χ0n) is 7.03. The van der Waals surface area contributed by atoms with Crippen LogP contribution in [0.15, 0.2) is 41.2 Å². The average Bonchev–Trinajstić information content (AvgIpc) is 2.47. The molecule has 0 fully saturated rings. The maximum absolute atomic E-state index is 11.3. The third kappa shape index (κ3) is 1.40. The number of nitrogens with one attached hydrogen (secondary N) is 1. The van der Waals surface area contributed by atoms with E-state index in [1.807, 2.05) is 30.3 Å². The van der Waals surface area contributed by atoms with E-state index in [-0.39, 0.29) is 5.56 Å². The Bertz CT molecular complexity index is 453. The van der Waals surface area contributed by atoms with Crippen molar-refractivity contribution in [3.63, 3.8) is 0 Å². The van der Waals surface area contributed by atoms with Gasteiger partial charge in [-0.05, 0) is 19.1 Å². The summed E-state index contributed by atoms with van der Waals surface area (Å²) >= 11 is 0. The van der Waals surface area contributed by atoms with E-state index in [4.69, 9.17) is 0 Å². The second-order valence-corrected chi connectivity index (χ2v) is 2.79. The van der Waals surface area contributed by atoms with Crippen LogP contribution >= 0.6 is 0 Å². The predicted molar refractivity (Wildman–Crippen MR) is 50.8 cm³/mol. The minimum atomic E-state index is -0.0869. The van der Waals surface area contributed by atoms with Crippen LogP contribution < -0.4 is 5.56 Å². The fourth-order valence-electron chi connectivity index (χ4n) is 1.21. The number of benzene rings is 1. The Morgan fingerprint density at radius 3 is 2.46 bits per heavy atom. The Labute approximate surface area is 75.6 Å². The first kappa shape index (κ1) is 7.86. The maximum Gasteiger partial charge on any atom is 0.271 e. The number of nitrogens with zero attached hydrogens (tertiary/aromatic N) is 1. The van der Waals surface area contributed by atoms with E-state index in [9.17, 15) is 4.79 Å². The molecule has 0 aliphatic rings. The van der Waals surface area contributed by atoms with Crippen LogP contribution in [0.1, 0.15) is 5.69 Å². The number of hydrogen-bond donors (Lipinski definition) is 1. The molecular formula is C10H9N2O. The number of aromatic nitrogens is 2. The summed E-state index contributed by atoms with van der Waals surface area (Å²) in [6, 6.07) is 10.8. The van der Waals surface area contributed by atoms with Gasteiger partial charge >= 0.3 is 0 Å². The maximum atomic E-state index is 11.3. The van der Waals surface area contributed by atoms with E-state index >= 15 is 0 Å². The molecule has 0 aliphatic carbocycles. The lowest BCUT2D eigenvalue weighted by Gasteiger charge is -1.99. The second-order valence-electron chi connectivity index (χ2n) is 2.79. The lowest BCUT2D eigenvalue weighted by molar-refractivity contribution is 0.842. The summed E-state index contributed by atoms with van der Waals surface area (Å²) in [5.41, 5.74) is 1.35. The number of H-pyrrole nitrogens is 1. The lowest BCUT2D eigenvalue weighted by atomic mass is 10.3. The van der Waals surface area contributed by atoms with Crippen LogP contribution in [0.2, 0.25) is 0 Å². The van der Waals surface area contributed by atoms with Gasteiger partial charge < -0.3 is 0 Å². The molecule has 3 heteroatoms. The van der Waals surface area contributed by atoms with Gasteiger partial charge in [0.25, 0.3) is 5.56 Å². The van der Waals surface area contributed by atoms with Crippen molar-refractivity contribution in [2.75, 3.05) is 0 Å². The highest BCUT2D eigenvalue weighted by atomic mass is 16.1. The van der Waals surface area contributed by atoms with Gasteiger partial charge in [-0.1, -0.05) is 18.2 Å². The third-order valence-electron chi connectivity index (χ3n) is 1.79. The quantitative estimate of drug-likeness (QED) is 0.694. The summed E-state index contributed by atoms with van der Waals surface area (Å²) in [6.45, 7) is 3.65. The number of para-hydroxylation sites is 1. The van der Waals surface area contributed by atoms with Gasteiger partial charge in [-0.15, -0.1) is 0 Å². The summed E-state index contributed by atoms with van der Waals surface area (Å²) in [7, 11) is 0. The van der Waals surface area contributed by atoms with Crippen LogP contribution in [0.25, 0.3) is 5.69 Å². The van der Waals surface area contributed by atoms with Crippen molar-refractivity contribution < 1.29 is 0 Å². The van der Waals surface area contributed by atoms with Crippen molar-refractivity contribution in [2.45, 2.75) is 0 Å². The number of hydrogen-bond acceptors (Lipinski definition) is 1. The van der Waals surface area contributed by atoms with Gasteiger partial charge in [0.2, 0.25) is 0 Å². The van der Waals surface area contributed by atoms with E-state index in [2.05, 4.69) is 12.0 Å². The molecule has 0 saturated heterocycles. The largest absolute Gasteiger partial charge is 0.295 e. The first-order valence-electron chi connectivity index (χ1n) is 3.97. The summed E-state index contributed by atoms with van der Waals surface area (Å²) in [5, 5.41) is 2.85. The molecule has 2 rings (SSSR count). The molecule has 1 heterocycles. The summed E-state index contributed by atoms with van der Waals surface area (Å²) in [5.74, 6) is 0. The van der Waals surface area contributed by atoms with E-state index < -0.39 is 0 Å². The minimum Gasteiger partial charge on any atom is -0.295 e. The molecule has 3 nitrogen and oxygen atoms in total. The van der Waals surface area contributed by atoms with Crippen molar-refractivity contribution in [3.8, 4) is 5.69 Å². The zero-order valence-corrected chi connectivity index (χ0v) is 7.03. The molecule has 0 aliphatic heterocycles. The van der Waals surface area contributed by atoms with E-state index in [0.29, 0.717) is 5.69 Å². The van der Waals surface area contributed by atoms with Crippen LogP contribution in [0.4, 0.5) is 0 Å². The van der Waals surface area contributed by atoms with Crippen LogP contribution in [0, 0.1) is 6.92 Å². The highest BCUT2D eigenvalue weighted by Gasteiger charge is 2.00. The SMILES string of the molecule is [CH2]c1cc(=O)n(-c2ccccc2)[nH]1. The Morgan fingerprint density at radius 1 is 1.23 bits per heavy atom. The first-order valence-corrected chi connectivity index (χ1v) is 3.97. The molecule has 0 amide bonds. The van der Waals surface area contributed by atoms with Crippen LogP contribution in [-0.2, 0) is 0 Å². The van der Waals surface area contributed by atoms with Gasteiger partial charge in [0.1, 0.15) is 0 Å². The van der Waals surface area contributed by atoms with Gasteiger partial charge in [-0.3, -0.25) is 9.89 Å². The summed E-state index contributed by atoms with van der Waals surface area (Å²) < 4.78 is 1.46. The highest BCUT2D eigenvalue weighted by Crippen LogP contribution is 2.02. The molecule has 1 aromatic heterocycles. The van der Waals surface area contributed by atoms with Crippen molar-refractivity contribution in [2.24, 2.45) is 0 Å². The first-order chi connectivity index (χ1) is 6.27. The Morgan fingerprint density at radius 2 is 1.92 bits per heavy atom. The number of aromatic amines is 1. The van der Waals surface area contributed by atoms with Crippen molar-refractivity contribution in [1.29, 1.82) is 0 Å². The van der Waals surface area contributed by atoms with E-state index in [1.54, 1.807) is 0 Å². The van der Waals surface area contributed by atoms with Gasteiger partial charge in [0.05, 0.1) is 5.69 Å². The Hall–Kier alpha value is -1.77. The predicted octanol–water partition coefficient (Wildman–Crippen LogP) is 1.35. The normalized spacial score (nSPS) is 10.2. The van der Waals surface area contributed by atoms with Crippen LogP contribution in [-0.4, -0.2) is 9.78 Å². The molecule has 1 aromatic carbocycles. The van der Waals surface area contributed by atoms with Gasteiger partial charge in [-0.2, -0.15) is 0 Å². The topological polar surface area (TPSA) is 37.8 Å². The Balaban J connectivity index is 2.59. The molecule has 65 valence electrons. The second kappa shape index (κ2) is 2.94. The Kier molecular flexibility index (Phi) is 1.77. The van der Waals surface area contributed by atoms with E-state index in [1.165, 1.54) is 10.7 Å². The molecule has 13 heavy (non-hydrogen) atoms. The molecule has 0 atom stereocenters. The van der Waals surface area contributed by atoms with Crippen molar-refractivity contribution >= 4 is 0 Å². The third-order valence-corrected chi connectivity index (χ3v) is 1.79. The monoisotopic (exact) mass is 173 g/mol. The standard InChI is InChI=1S/C10H9N2O/c1-8-7-10(13)12(11-8)9-5-3-2-4-6-9/h2-7,11H,1H2. The van der Waals surface area contributed by atoms with E-state index in [0.717, 1.165) is 5.69 Å². The average molecular weight is 173 g/mol. The fraction of sp³-hybridized carbons (Fsp3) is 0. The fourth-order valence-corrected chi connectivity index (χ4v) is 1.21. The van der Waals surface area contributed by atoms with Crippen LogP contribution in [0.5, 0.6) is 0 Å². The lowest BCUT2D eigenvalue weighted by Crippen LogP contribution is -2.12. The smallest absolute Gasteiger partial charge is 0.271 e. The van der Waals surface area contributed by atoms with Gasteiger partial charge in [0, 0.05) is 11.8 Å². The molecule has 0 unspecified atom stereocenters. The van der Waals surface area contributed by atoms with Gasteiger partial charge in [-0.25, -0.2) is 4.68 Å². The molecule has 0 spiro atoms. The van der Waals surface area contributed by atoms with Gasteiger partial charge in [0.15, 0.2) is 0 Å². The summed E-state index contributed by atoms with van der Waals surface area (Å²) in [6.07, 6.45) is 0. The van der Waals surface area contributed by atoms with Crippen molar-refractivity contribution in [3.05, 3.63) is 59.4 Å². The molecule has 1 radical (unpaired) electrons.